The highest BCUT2D eigenvalue weighted by Gasteiger charge is 2.34. The summed E-state index contributed by atoms with van der Waals surface area (Å²) < 4.78 is 41.5. The fourth-order valence-corrected chi connectivity index (χ4v) is 3.40. The van der Waals surface area contributed by atoms with E-state index in [1.165, 1.54) is 6.92 Å². The van der Waals surface area contributed by atoms with Gasteiger partial charge in [0.1, 0.15) is 0 Å². The Labute approximate surface area is 188 Å². The van der Waals surface area contributed by atoms with Gasteiger partial charge < -0.3 is 5.32 Å². The van der Waals surface area contributed by atoms with Crippen molar-refractivity contribution in [1.29, 1.82) is 0 Å². The van der Waals surface area contributed by atoms with Crippen molar-refractivity contribution in [2.75, 3.05) is 5.32 Å². The Hall–Kier alpha value is -2.04. The summed E-state index contributed by atoms with van der Waals surface area (Å²) in [6, 6.07) is 6.16. The molecule has 160 valence electrons. The molecule has 6 nitrogen and oxygen atoms in total. The lowest BCUT2D eigenvalue weighted by Crippen LogP contribution is -2.17. The maximum atomic E-state index is 12.7. The van der Waals surface area contributed by atoms with Crippen LogP contribution in [0, 0.1) is 6.92 Å². The number of hydrogen-bond donors (Lipinski definition) is 1. The summed E-state index contributed by atoms with van der Waals surface area (Å²) in [5.74, 6) is -0.104. The van der Waals surface area contributed by atoms with E-state index in [2.05, 4.69) is 31.4 Å². The highest BCUT2D eigenvalue weighted by Crippen LogP contribution is 2.28. The maximum absolute atomic E-state index is 12.7. The first-order valence-electron chi connectivity index (χ1n) is 8.61. The van der Waals surface area contributed by atoms with Crippen LogP contribution in [0.5, 0.6) is 0 Å². The van der Waals surface area contributed by atoms with Crippen molar-refractivity contribution < 1.29 is 18.0 Å². The Morgan fingerprint density at radius 3 is 2.57 bits per heavy atom. The van der Waals surface area contributed by atoms with Crippen LogP contribution in [0.4, 0.5) is 19.0 Å². The van der Waals surface area contributed by atoms with Crippen LogP contribution in [0.1, 0.15) is 23.4 Å². The van der Waals surface area contributed by atoms with Gasteiger partial charge in [-0.05, 0) is 46.6 Å². The highest BCUT2D eigenvalue weighted by atomic mass is 79.9. The van der Waals surface area contributed by atoms with Gasteiger partial charge in [-0.1, -0.05) is 29.3 Å². The number of aromatic nitrogens is 4. The molecule has 2 aromatic heterocycles. The maximum Gasteiger partial charge on any atom is 0.435 e. The lowest BCUT2D eigenvalue weighted by molar-refractivity contribution is -0.141. The number of rotatable bonds is 6. The van der Waals surface area contributed by atoms with E-state index >= 15 is 0 Å². The molecule has 30 heavy (non-hydrogen) atoms. The van der Waals surface area contributed by atoms with Crippen LogP contribution < -0.4 is 5.32 Å². The fourth-order valence-electron chi connectivity index (χ4n) is 2.66. The van der Waals surface area contributed by atoms with Crippen LogP contribution in [0.15, 0.2) is 34.9 Å². The minimum absolute atomic E-state index is 0.00927. The van der Waals surface area contributed by atoms with E-state index < -0.39 is 17.8 Å². The predicted octanol–water partition coefficient (Wildman–Crippen LogP) is 5.55. The third kappa shape index (κ3) is 5.55. The number of nitrogens with zero attached hydrogens (tertiary/aromatic N) is 4. The second-order valence-corrected chi connectivity index (χ2v) is 8.13. The SMILES string of the molecule is Cc1cc(C(F)(F)F)nn1CCC(=O)Nc1nn(Cc2ccc(Cl)c(Cl)c2)cc1Br. The quantitative estimate of drug-likeness (QED) is 0.459. The molecule has 0 spiro atoms. The zero-order valence-electron chi connectivity index (χ0n) is 15.5. The van der Waals surface area contributed by atoms with E-state index in [-0.39, 0.29) is 13.0 Å². The zero-order chi connectivity index (χ0) is 22.1. The van der Waals surface area contributed by atoms with E-state index in [0.29, 0.717) is 32.6 Å². The van der Waals surface area contributed by atoms with E-state index in [0.717, 1.165) is 16.3 Å². The molecular formula is C18H15BrCl2F3N5O. The lowest BCUT2D eigenvalue weighted by atomic mass is 10.2. The van der Waals surface area contributed by atoms with Crippen molar-refractivity contribution in [3.63, 3.8) is 0 Å². The molecule has 0 fully saturated rings. The van der Waals surface area contributed by atoms with Crippen molar-refractivity contribution in [3.05, 3.63) is 61.9 Å². The molecular weight excluding hydrogens is 510 g/mol. The molecule has 3 rings (SSSR count). The number of carbonyl (C=O) groups is 1. The van der Waals surface area contributed by atoms with Crippen LogP contribution in [0.3, 0.4) is 0 Å². The standard InChI is InChI=1S/C18H15BrCl2F3N5O/c1-10-6-15(18(22,23)24)26-29(10)5-4-16(30)25-17-12(19)9-28(27-17)8-11-2-3-13(20)14(21)7-11/h2-3,6-7,9H,4-5,8H2,1H3,(H,25,27,30). The molecule has 2 heterocycles. The first-order valence-corrected chi connectivity index (χ1v) is 10.2. The molecule has 1 amide bonds. The van der Waals surface area contributed by atoms with Crippen molar-refractivity contribution >= 4 is 50.9 Å². The molecule has 0 unspecified atom stereocenters. The van der Waals surface area contributed by atoms with Gasteiger partial charge >= 0.3 is 6.18 Å². The van der Waals surface area contributed by atoms with E-state index in [1.54, 1.807) is 23.0 Å². The summed E-state index contributed by atoms with van der Waals surface area (Å²) in [4.78, 5) is 12.2. The van der Waals surface area contributed by atoms with Gasteiger partial charge in [0.2, 0.25) is 5.91 Å². The van der Waals surface area contributed by atoms with E-state index in [4.69, 9.17) is 23.2 Å². The Morgan fingerprint density at radius 1 is 1.20 bits per heavy atom. The smallest absolute Gasteiger partial charge is 0.308 e. The van der Waals surface area contributed by atoms with Crippen LogP contribution in [-0.2, 0) is 24.1 Å². The number of hydrogen-bond acceptors (Lipinski definition) is 3. The van der Waals surface area contributed by atoms with Gasteiger partial charge in [0.25, 0.3) is 0 Å². The van der Waals surface area contributed by atoms with Gasteiger partial charge in [0, 0.05) is 24.9 Å². The Balaban J connectivity index is 1.60. The minimum atomic E-state index is -4.52. The third-order valence-electron chi connectivity index (χ3n) is 4.13. The molecule has 0 radical (unpaired) electrons. The fraction of sp³-hybridized carbons (Fsp3) is 0.278. The highest BCUT2D eigenvalue weighted by molar-refractivity contribution is 9.10. The first kappa shape index (κ1) is 22.6. The molecule has 1 N–H and O–H groups in total. The first-order chi connectivity index (χ1) is 14.0. The van der Waals surface area contributed by atoms with Crippen LogP contribution in [0.25, 0.3) is 0 Å². The second kappa shape index (κ2) is 8.99. The Bertz CT molecular complexity index is 1080. The molecule has 0 atom stereocenters. The van der Waals surface area contributed by atoms with Crippen molar-refractivity contribution in [3.8, 4) is 0 Å². The zero-order valence-corrected chi connectivity index (χ0v) is 18.6. The molecule has 0 saturated carbocycles. The Morgan fingerprint density at radius 2 is 1.93 bits per heavy atom. The predicted molar refractivity (Wildman–Crippen MR) is 111 cm³/mol. The molecule has 0 saturated heterocycles. The van der Waals surface area contributed by atoms with Gasteiger partial charge in [0.05, 0.1) is 21.1 Å². The van der Waals surface area contributed by atoms with Crippen LogP contribution >= 0.6 is 39.1 Å². The van der Waals surface area contributed by atoms with Gasteiger partial charge in [-0.15, -0.1) is 0 Å². The van der Waals surface area contributed by atoms with Crippen LogP contribution in [-0.4, -0.2) is 25.5 Å². The molecule has 0 aliphatic heterocycles. The van der Waals surface area contributed by atoms with Gasteiger partial charge in [-0.3, -0.25) is 14.2 Å². The second-order valence-electron chi connectivity index (χ2n) is 6.46. The average Bonchev–Trinajstić information content (AvgIpc) is 3.19. The Kier molecular flexibility index (Phi) is 6.78. The molecule has 12 heteroatoms. The number of benzene rings is 1. The monoisotopic (exact) mass is 523 g/mol. The topological polar surface area (TPSA) is 64.7 Å². The average molecular weight is 525 g/mol. The number of alkyl halides is 3. The lowest BCUT2D eigenvalue weighted by Gasteiger charge is -2.06. The number of carbonyl (C=O) groups excluding carboxylic acids is 1. The number of halogens is 6. The number of aryl methyl sites for hydroxylation is 2. The number of nitrogens with one attached hydrogen (secondary N) is 1. The van der Waals surface area contributed by atoms with Crippen molar-refractivity contribution in [2.45, 2.75) is 32.6 Å². The van der Waals surface area contributed by atoms with E-state index in [1.807, 2.05) is 6.07 Å². The van der Waals surface area contributed by atoms with Crippen molar-refractivity contribution in [2.24, 2.45) is 0 Å². The molecule has 1 aromatic carbocycles. The summed E-state index contributed by atoms with van der Waals surface area (Å²) in [6.07, 6.45) is -2.90. The summed E-state index contributed by atoms with van der Waals surface area (Å²) in [5, 5.41) is 11.3. The van der Waals surface area contributed by atoms with Gasteiger partial charge in [-0.25, -0.2) is 0 Å². The summed E-state index contributed by atoms with van der Waals surface area (Å²) >= 11 is 15.2. The van der Waals surface area contributed by atoms with Crippen molar-refractivity contribution in [1.82, 2.24) is 19.6 Å². The minimum Gasteiger partial charge on any atom is -0.308 e. The van der Waals surface area contributed by atoms with Gasteiger partial charge in [-0.2, -0.15) is 23.4 Å². The molecule has 0 bridgehead atoms. The van der Waals surface area contributed by atoms with Gasteiger partial charge in [0.15, 0.2) is 11.5 Å². The summed E-state index contributed by atoms with van der Waals surface area (Å²) in [5.41, 5.74) is 0.207. The van der Waals surface area contributed by atoms with Crippen LogP contribution in [0.2, 0.25) is 10.0 Å². The summed E-state index contributed by atoms with van der Waals surface area (Å²) in [6.45, 7) is 1.91. The third-order valence-corrected chi connectivity index (χ3v) is 5.45. The normalized spacial score (nSPS) is 11.7. The largest absolute Gasteiger partial charge is 0.435 e. The molecule has 0 aliphatic carbocycles. The molecule has 0 aliphatic rings. The number of amides is 1. The van der Waals surface area contributed by atoms with E-state index in [9.17, 15) is 18.0 Å². The summed E-state index contributed by atoms with van der Waals surface area (Å²) in [7, 11) is 0. The number of anilines is 1. The molecule has 3 aromatic rings.